The molecular formula is C19H21N3OS2. The minimum Gasteiger partial charge on any atom is -0.496 e. The lowest BCUT2D eigenvalue weighted by Crippen LogP contribution is -2.14. The van der Waals surface area contributed by atoms with Gasteiger partial charge in [-0.1, -0.05) is 12.1 Å². The van der Waals surface area contributed by atoms with Crippen LogP contribution in [0.1, 0.15) is 24.3 Å². The summed E-state index contributed by atoms with van der Waals surface area (Å²) in [5.74, 6) is 0.827. The summed E-state index contributed by atoms with van der Waals surface area (Å²) in [4.78, 5) is 6.74. The highest BCUT2D eigenvalue weighted by molar-refractivity contribution is 7.11. The predicted molar refractivity (Wildman–Crippen MR) is 107 cm³/mol. The average molecular weight is 372 g/mol. The maximum atomic E-state index is 5.53. The van der Waals surface area contributed by atoms with Crippen LogP contribution in [0.2, 0.25) is 0 Å². The number of hydrogen-bond donors (Lipinski definition) is 0. The first-order valence-electron chi connectivity index (χ1n) is 8.06. The van der Waals surface area contributed by atoms with E-state index in [9.17, 15) is 0 Å². The molecule has 0 aliphatic rings. The number of aromatic nitrogens is 1. The topological polar surface area (TPSA) is 38.9 Å². The number of thiazole rings is 1. The van der Waals surface area contributed by atoms with Crippen molar-refractivity contribution in [2.24, 2.45) is 10.1 Å². The maximum Gasteiger partial charge on any atom is 0.206 e. The molecule has 0 bridgehead atoms. The summed E-state index contributed by atoms with van der Waals surface area (Å²) >= 11 is 3.28. The molecule has 0 atom stereocenters. The zero-order valence-corrected chi connectivity index (χ0v) is 16.4. The van der Waals surface area contributed by atoms with E-state index < -0.39 is 0 Å². The fraction of sp³-hybridized carbons (Fsp3) is 0.263. The zero-order chi connectivity index (χ0) is 17.8. The van der Waals surface area contributed by atoms with Crippen molar-refractivity contribution in [1.29, 1.82) is 0 Å². The third kappa shape index (κ3) is 3.91. The molecule has 130 valence electrons. The second kappa shape index (κ2) is 7.80. The number of para-hydroxylation sites is 1. The minimum atomic E-state index is 0.203. The molecule has 0 N–H and O–H groups in total. The fourth-order valence-electron chi connectivity index (χ4n) is 2.39. The number of ether oxygens (including phenoxy) is 1. The summed E-state index contributed by atoms with van der Waals surface area (Å²) in [5, 5.41) is 8.90. The number of nitrogens with zero attached hydrogens (tertiary/aromatic N) is 3. The van der Waals surface area contributed by atoms with E-state index in [0.29, 0.717) is 0 Å². The lowest BCUT2D eigenvalue weighted by Gasteiger charge is -2.08. The number of methoxy groups -OCH3 is 1. The highest BCUT2D eigenvalue weighted by atomic mass is 32.1. The Hall–Kier alpha value is -2.18. The Bertz CT molecular complexity index is 947. The molecule has 0 aliphatic heterocycles. The van der Waals surface area contributed by atoms with E-state index in [1.165, 1.54) is 5.56 Å². The van der Waals surface area contributed by atoms with Crippen LogP contribution in [0, 0.1) is 6.92 Å². The molecule has 0 unspecified atom stereocenters. The molecule has 0 spiro atoms. The van der Waals surface area contributed by atoms with Crippen molar-refractivity contribution in [2.45, 2.75) is 26.8 Å². The van der Waals surface area contributed by atoms with Gasteiger partial charge in [-0.3, -0.25) is 4.99 Å². The highest BCUT2D eigenvalue weighted by Crippen LogP contribution is 2.30. The van der Waals surface area contributed by atoms with Crippen molar-refractivity contribution in [2.75, 3.05) is 7.11 Å². The van der Waals surface area contributed by atoms with Crippen LogP contribution in [-0.2, 0) is 0 Å². The predicted octanol–water partition coefficient (Wildman–Crippen LogP) is 4.79. The van der Waals surface area contributed by atoms with Gasteiger partial charge in [0.1, 0.15) is 5.75 Å². The summed E-state index contributed by atoms with van der Waals surface area (Å²) in [6.07, 6.45) is 1.91. The second-order valence-corrected chi connectivity index (χ2v) is 7.64. The molecule has 2 heterocycles. The van der Waals surface area contributed by atoms with E-state index >= 15 is 0 Å². The largest absolute Gasteiger partial charge is 0.496 e. The molecule has 25 heavy (non-hydrogen) atoms. The van der Waals surface area contributed by atoms with Crippen LogP contribution in [0.15, 0.2) is 51.2 Å². The number of benzene rings is 1. The van der Waals surface area contributed by atoms with Gasteiger partial charge in [0.05, 0.1) is 23.9 Å². The van der Waals surface area contributed by atoms with Crippen LogP contribution >= 0.6 is 22.7 Å². The van der Waals surface area contributed by atoms with Crippen LogP contribution < -0.4 is 9.54 Å². The molecule has 4 nitrogen and oxygen atoms in total. The monoisotopic (exact) mass is 371 g/mol. The van der Waals surface area contributed by atoms with E-state index in [1.54, 1.807) is 29.8 Å². The Morgan fingerprint density at radius 1 is 1.16 bits per heavy atom. The first-order chi connectivity index (χ1) is 12.1. The van der Waals surface area contributed by atoms with Gasteiger partial charge in [-0.15, -0.1) is 22.7 Å². The lowest BCUT2D eigenvalue weighted by atomic mass is 10.1. The van der Waals surface area contributed by atoms with Crippen LogP contribution in [0.4, 0.5) is 0 Å². The smallest absolute Gasteiger partial charge is 0.206 e. The number of rotatable bonds is 5. The third-order valence-electron chi connectivity index (χ3n) is 3.63. The Labute approximate surface area is 155 Å². The molecule has 3 aromatic rings. The van der Waals surface area contributed by atoms with E-state index in [1.807, 2.05) is 35.2 Å². The van der Waals surface area contributed by atoms with Gasteiger partial charge in [0, 0.05) is 17.0 Å². The Balaban J connectivity index is 2.15. The Morgan fingerprint density at radius 2 is 1.96 bits per heavy atom. The van der Waals surface area contributed by atoms with Crippen molar-refractivity contribution in [3.8, 4) is 17.0 Å². The summed E-state index contributed by atoms with van der Waals surface area (Å²) in [7, 11) is 1.69. The fourth-order valence-corrected chi connectivity index (χ4v) is 4.13. The highest BCUT2D eigenvalue weighted by Gasteiger charge is 2.12. The normalized spacial score (nSPS) is 12.4. The summed E-state index contributed by atoms with van der Waals surface area (Å²) in [6, 6.07) is 10.3. The standard InChI is InChI=1S/C19H21N3OS2/c1-13(2)21-19-22(20-11-18-14(3)9-10-24-18)16(12-25-19)15-7-5-6-8-17(15)23-4/h5-13H,1-4H3. The van der Waals surface area contributed by atoms with Gasteiger partial charge in [0.25, 0.3) is 0 Å². The minimum absolute atomic E-state index is 0.203. The summed E-state index contributed by atoms with van der Waals surface area (Å²) in [5.41, 5.74) is 3.21. The first kappa shape index (κ1) is 17.6. The maximum absolute atomic E-state index is 5.53. The van der Waals surface area contributed by atoms with Gasteiger partial charge < -0.3 is 4.74 Å². The molecule has 1 aromatic carbocycles. The molecule has 2 aromatic heterocycles. The van der Waals surface area contributed by atoms with E-state index in [0.717, 1.165) is 26.7 Å². The molecule has 0 saturated carbocycles. The van der Waals surface area contributed by atoms with Crippen LogP contribution in [0.3, 0.4) is 0 Å². The van der Waals surface area contributed by atoms with Gasteiger partial charge in [-0.2, -0.15) is 5.10 Å². The molecule has 0 amide bonds. The van der Waals surface area contributed by atoms with Crippen LogP contribution in [-0.4, -0.2) is 24.0 Å². The molecular weight excluding hydrogens is 350 g/mol. The number of thiophene rings is 1. The SMILES string of the molecule is COc1ccccc1-c1csc(=NC(C)C)n1N=Cc1sccc1C. The zero-order valence-electron chi connectivity index (χ0n) is 14.8. The van der Waals surface area contributed by atoms with Gasteiger partial charge in [0.2, 0.25) is 4.80 Å². The number of hydrogen-bond acceptors (Lipinski definition) is 5. The third-order valence-corrected chi connectivity index (χ3v) is 5.41. The van der Waals surface area contributed by atoms with E-state index in [2.05, 4.69) is 37.6 Å². The molecule has 0 aliphatic carbocycles. The second-order valence-electron chi connectivity index (χ2n) is 5.85. The van der Waals surface area contributed by atoms with Crippen molar-refractivity contribution >= 4 is 28.9 Å². The number of aryl methyl sites for hydroxylation is 1. The van der Waals surface area contributed by atoms with Crippen LogP contribution in [0.25, 0.3) is 11.3 Å². The van der Waals surface area contributed by atoms with Gasteiger partial charge in [-0.25, -0.2) is 4.68 Å². The quantitative estimate of drug-likeness (QED) is 0.595. The van der Waals surface area contributed by atoms with Crippen molar-refractivity contribution < 1.29 is 4.74 Å². The first-order valence-corrected chi connectivity index (χ1v) is 9.82. The van der Waals surface area contributed by atoms with Crippen molar-refractivity contribution in [3.63, 3.8) is 0 Å². The summed E-state index contributed by atoms with van der Waals surface area (Å²) in [6.45, 7) is 6.23. The van der Waals surface area contributed by atoms with Crippen molar-refractivity contribution in [1.82, 2.24) is 4.68 Å². The van der Waals surface area contributed by atoms with Gasteiger partial charge >= 0.3 is 0 Å². The van der Waals surface area contributed by atoms with Crippen LogP contribution in [0.5, 0.6) is 5.75 Å². The summed E-state index contributed by atoms with van der Waals surface area (Å²) < 4.78 is 7.43. The molecule has 3 rings (SSSR count). The lowest BCUT2D eigenvalue weighted by molar-refractivity contribution is 0.416. The Morgan fingerprint density at radius 3 is 2.64 bits per heavy atom. The molecule has 0 fully saturated rings. The van der Waals surface area contributed by atoms with E-state index in [4.69, 9.17) is 14.8 Å². The van der Waals surface area contributed by atoms with Gasteiger partial charge in [0.15, 0.2) is 0 Å². The molecule has 0 radical (unpaired) electrons. The molecule has 0 saturated heterocycles. The van der Waals surface area contributed by atoms with E-state index in [-0.39, 0.29) is 6.04 Å². The average Bonchev–Trinajstić information content (AvgIpc) is 3.18. The van der Waals surface area contributed by atoms with Crippen molar-refractivity contribution in [3.05, 3.63) is 56.3 Å². The van der Waals surface area contributed by atoms with Gasteiger partial charge in [-0.05, 0) is 49.9 Å². The Kier molecular flexibility index (Phi) is 5.50. The molecule has 6 heteroatoms.